The normalized spacial score (nSPS) is 15.4. The Morgan fingerprint density at radius 1 is 1.45 bits per heavy atom. The van der Waals surface area contributed by atoms with Crippen LogP contribution < -0.4 is 10.2 Å². The number of fused-ring (bicyclic) bond motifs is 1. The number of hydrogen-bond donors (Lipinski definition) is 2. The third-order valence-electron chi connectivity index (χ3n) is 3.77. The third kappa shape index (κ3) is 4.04. The number of aliphatic hydroxyl groups excluding tert-OH is 1. The van der Waals surface area contributed by atoms with Crippen molar-refractivity contribution in [3.05, 3.63) is 29.6 Å². The van der Waals surface area contributed by atoms with Crippen LogP contribution in [0.25, 0.3) is 0 Å². The molecule has 1 atom stereocenters. The fraction of sp³-hybridized carbons (Fsp3) is 0.500. The number of hydrogen-bond acceptors (Lipinski definition) is 3. The van der Waals surface area contributed by atoms with Crippen molar-refractivity contribution in [3.63, 3.8) is 0 Å². The van der Waals surface area contributed by atoms with Gasteiger partial charge in [-0.25, -0.2) is 4.39 Å². The number of aliphatic hydroxyl groups is 1. The lowest BCUT2D eigenvalue weighted by molar-refractivity contribution is -0.121. The minimum atomic E-state index is -0.316. The van der Waals surface area contributed by atoms with Gasteiger partial charge in [-0.3, -0.25) is 9.59 Å². The van der Waals surface area contributed by atoms with Gasteiger partial charge in [-0.05, 0) is 43.5 Å². The van der Waals surface area contributed by atoms with Gasteiger partial charge in [0.05, 0.1) is 0 Å². The topological polar surface area (TPSA) is 69.6 Å². The van der Waals surface area contributed by atoms with Crippen LogP contribution in [-0.2, 0) is 16.0 Å². The summed E-state index contributed by atoms with van der Waals surface area (Å²) in [5.74, 6) is -0.526. The van der Waals surface area contributed by atoms with Gasteiger partial charge in [-0.2, -0.15) is 0 Å². The van der Waals surface area contributed by atoms with Crippen LogP contribution in [0.15, 0.2) is 18.2 Å². The molecule has 0 saturated carbocycles. The number of aryl methyl sites for hydroxylation is 1. The second kappa shape index (κ2) is 7.35. The zero-order valence-electron chi connectivity index (χ0n) is 12.6. The maximum Gasteiger partial charge on any atom is 0.227 e. The Bertz CT molecular complexity index is 562. The van der Waals surface area contributed by atoms with E-state index in [4.69, 9.17) is 5.11 Å². The van der Waals surface area contributed by atoms with Crippen molar-refractivity contribution in [2.45, 2.75) is 38.6 Å². The van der Waals surface area contributed by atoms with Crippen LogP contribution >= 0.6 is 0 Å². The van der Waals surface area contributed by atoms with E-state index >= 15 is 0 Å². The molecule has 1 aromatic carbocycles. The molecule has 0 bridgehead atoms. The Hall–Kier alpha value is -1.95. The van der Waals surface area contributed by atoms with Crippen LogP contribution in [0, 0.1) is 5.82 Å². The number of rotatable bonds is 6. The van der Waals surface area contributed by atoms with Gasteiger partial charge in [0.2, 0.25) is 11.8 Å². The van der Waals surface area contributed by atoms with Gasteiger partial charge < -0.3 is 15.3 Å². The smallest absolute Gasteiger partial charge is 0.227 e. The number of nitrogens with zero attached hydrogens (tertiary/aromatic N) is 1. The number of carbonyl (C=O) groups is 2. The number of carbonyl (C=O) groups excluding carboxylic acids is 2. The van der Waals surface area contributed by atoms with Crippen molar-refractivity contribution in [2.24, 2.45) is 0 Å². The number of anilines is 1. The average Bonchev–Trinajstić information content (AvgIpc) is 2.46. The third-order valence-corrected chi connectivity index (χ3v) is 3.77. The predicted molar refractivity (Wildman–Crippen MR) is 81.0 cm³/mol. The molecule has 6 heteroatoms. The molecule has 2 amide bonds. The Morgan fingerprint density at radius 3 is 2.95 bits per heavy atom. The first kappa shape index (κ1) is 16.4. The van der Waals surface area contributed by atoms with Crippen molar-refractivity contribution < 1.29 is 19.1 Å². The van der Waals surface area contributed by atoms with Gasteiger partial charge in [-0.1, -0.05) is 0 Å². The highest BCUT2D eigenvalue weighted by molar-refractivity contribution is 5.97. The summed E-state index contributed by atoms with van der Waals surface area (Å²) in [5.41, 5.74) is 1.49. The van der Waals surface area contributed by atoms with E-state index in [2.05, 4.69) is 5.32 Å². The van der Waals surface area contributed by atoms with E-state index in [-0.39, 0.29) is 43.2 Å². The van der Waals surface area contributed by atoms with Crippen molar-refractivity contribution in [3.8, 4) is 0 Å². The van der Waals surface area contributed by atoms with Crippen molar-refractivity contribution in [2.75, 3.05) is 18.1 Å². The molecule has 0 radical (unpaired) electrons. The minimum absolute atomic E-state index is 0.0188. The summed E-state index contributed by atoms with van der Waals surface area (Å²) in [6, 6.07) is 4.26. The summed E-state index contributed by atoms with van der Waals surface area (Å²) in [5, 5.41) is 11.6. The van der Waals surface area contributed by atoms with Gasteiger partial charge in [0, 0.05) is 37.7 Å². The molecule has 2 N–H and O–H groups in total. The van der Waals surface area contributed by atoms with Crippen LogP contribution in [0.3, 0.4) is 0 Å². The molecule has 0 saturated heterocycles. The van der Waals surface area contributed by atoms with Crippen molar-refractivity contribution in [1.29, 1.82) is 0 Å². The molecule has 1 aliphatic rings. The van der Waals surface area contributed by atoms with Gasteiger partial charge in [0.1, 0.15) is 5.82 Å². The molecule has 1 unspecified atom stereocenters. The standard InChI is InChI=1S/C16H21FN2O3/c1-11(7-9-20)18-15(21)6-8-19-14-4-3-13(17)10-12(14)2-5-16(19)22/h3-4,10-11,20H,2,5-9H2,1H3,(H,18,21). The highest BCUT2D eigenvalue weighted by Crippen LogP contribution is 2.28. The van der Waals surface area contributed by atoms with E-state index in [9.17, 15) is 14.0 Å². The number of nitrogens with one attached hydrogen (secondary N) is 1. The molecular formula is C16H21FN2O3. The van der Waals surface area contributed by atoms with E-state index in [1.54, 1.807) is 11.0 Å². The predicted octanol–water partition coefficient (Wildman–Crippen LogP) is 1.38. The first-order valence-electron chi connectivity index (χ1n) is 7.50. The van der Waals surface area contributed by atoms with Crippen LogP contribution in [0.5, 0.6) is 0 Å². The Kier molecular flexibility index (Phi) is 5.49. The molecule has 1 aromatic rings. The first-order chi connectivity index (χ1) is 10.5. The molecule has 2 rings (SSSR count). The fourth-order valence-corrected chi connectivity index (χ4v) is 2.60. The number of benzene rings is 1. The lowest BCUT2D eigenvalue weighted by Gasteiger charge is -2.29. The molecule has 0 fully saturated rings. The summed E-state index contributed by atoms with van der Waals surface area (Å²) in [6.45, 7) is 2.11. The molecular weight excluding hydrogens is 287 g/mol. The highest BCUT2D eigenvalue weighted by Gasteiger charge is 2.24. The van der Waals surface area contributed by atoms with E-state index in [1.165, 1.54) is 12.1 Å². The second-order valence-electron chi connectivity index (χ2n) is 5.55. The van der Waals surface area contributed by atoms with Gasteiger partial charge in [0.25, 0.3) is 0 Å². The lowest BCUT2D eigenvalue weighted by Crippen LogP contribution is -2.40. The van der Waals surface area contributed by atoms with Crippen LogP contribution in [0.2, 0.25) is 0 Å². The summed E-state index contributed by atoms with van der Waals surface area (Å²) in [7, 11) is 0. The fourth-order valence-electron chi connectivity index (χ4n) is 2.60. The van der Waals surface area contributed by atoms with Crippen LogP contribution in [0.1, 0.15) is 31.7 Å². The summed E-state index contributed by atoms with van der Waals surface area (Å²) in [4.78, 5) is 25.4. The maximum atomic E-state index is 13.3. The zero-order valence-corrected chi connectivity index (χ0v) is 12.6. The Balaban J connectivity index is 1.98. The Labute approximate surface area is 129 Å². The summed E-state index contributed by atoms with van der Waals surface area (Å²) in [6.07, 6.45) is 1.54. The van der Waals surface area contributed by atoms with E-state index in [1.807, 2.05) is 6.92 Å². The zero-order chi connectivity index (χ0) is 16.1. The minimum Gasteiger partial charge on any atom is -0.396 e. The van der Waals surface area contributed by atoms with Crippen LogP contribution in [-0.4, -0.2) is 36.1 Å². The SMILES string of the molecule is CC(CCO)NC(=O)CCN1C(=O)CCc2cc(F)ccc21. The molecule has 120 valence electrons. The van der Waals surface area contributed by atoms with Gasteiger partial charge in [-0.15, -0.1) is 0 Å². The highest BCUT2D eigenvalue weighted by atomic mass is 19.1. The molecule has 0 spiro atoms. The van der Waals surface area contributed by atoms with Gasteiger partial charge >= 0.3 is 0 Å². The molecule has 5 nitrogen and oxygen atoms in total. The molecule has 1 heterocycles. The molecule has 0 aliphatic carbocycles. The molecule has 0 aromatic heterocycles. The summed E-state index contributed by atoms with van der Waals surface area (Å²) < 4.78 is 13.3. The quantitative estimate of drug-likeness (QED) is 0.834. The number of halogens is 1. The van der Waals surface area contributed by atoms with Crippen LogP contribution in [0.4, 0.5) is 10.1 Å². The van der Waals surface area contributed by atoms with E-state index in [0.29, 0.717) is 24.9 Å². The Morgan fingerprint density at radius 2 is 2.23 bits per heavy atom. The van der Waals surface area contributed by atoms with Crippen molar-refractivity contribution >= 4 is 17.5 Å². The summed E-state index contributed by atoms with van der Waals surface area (Å²) >= 11 is 0. The molecule has 1 aliphatic heterocycles. The first-order valence-corrected chi connectivity index (χ1v) is 7.50. The maximum absolute atomic E-state index is 13.3. The average molecular weight is 308 g/mol. The van der Waals surface area contributed by atoms with Crippen molar-refractivity contribution in [1.82, 2.24) is 5.32 Å². The largest absolute Gasteiger partial charge is 0.396 e. The van der Waals surface area contributed by atoms with Gasteiger partial charge in [0.15, 0.2) is 0 Å². The monoisotopic (exact) mass is 308 g/mol. The second-order valence-corrected chi connectivity index (χ2v) is 5.55. The van der Waals surface area contributed by atoms with E-state index < -0.39 is 0 Å². The molecule has 22 heavy (non-hydrogen) atoms. The lowest BCUT2D eigenvalue weighted by atomic mass is 10.0. The number of amides is 2. The van der Waals surface area contributed by atoms with E-state index in [0.717, 1.165) is 5.56 Å².